The van der Waals surface area contributed by atoms with E-state index in [0.717, 1.165) is 67.1 Å². The Labute approximate surface area is 209 Å². The normalized spacial score (nSPS) is 17.6. The van der Waals surface area contributed by atoms with Gasteiger partial charge in [-0.15, -0.1) is 0 Å². The van der Waals surface area contributed by atoms with Crippen LogP contribution < -0.4 is 15.4 Å². The monoisotopic (exact) mass is 488 g/mol. The van der Waals surface area contributed by atoms with E-state index in [2.05, 4.69) is 50.6 Å². The maximum Gasteiger partial charge on any atom is 0.245 e. The van der Waals surface area contributed by atoms with Gasteiger partial charge in [-0.3, -0.25) is 0 Å². The van der Waals surface area contributed by atoms with Crippen molar-refractivity contribution in [3.63, 3.8) is 0 Å². The van der Waals surface area contributed by atoms with Crippen molar-refractivity contribution in [3.8, 4) is 17.3 Å². The molecular formula is C27H29ClN6O. The summed E-state index contributed by atoms with van der Waals surface area (Å²) >= 11 is 6.90. The van der Waals surface area contributed by atoms with E-state index in [-0.39, 0.29) is 11.6 Å². The Bertz CT molecular complexity index is 1360. The van der Waals surface area contributed by atoms with Gasteiger partial charge in [0.2, 0.25) is 5.88 Å². The van der Waals surface area contributed by atoms with Crippen LogP contribution in [0.3, 0.4) is 0 Å². The minimum atomic E-state index is -0.166. The number of aromatic nitrogens is 4. The average Bonchev–Trinajstić information content (AvgIpc) is 3.48. The zero-order chi connectivity index (χ0) is 24.0. The van der Waals surface area contributed by atoms with Crippen molar-refractivity contribution >= 4 is 28.5 Å². The molecule has 0 bridgehead atoms. The predicted molar refractivity (Wildman–Crippen MR) is 139 cm³/mol. The second-order valence-corrected chi connectivity index (χ2v) is 10.3. The van der Waals surface area contributed by atoms with E-state index in [9.17, 15) is 0 Å². The number of piperidine rings is 1. The van der Waals surface area contributed by atoms with Gasteiger partial charge in [0.05, 0.1) is 11.6 Å². The Morgan fingerprint density at radius 2 is 1.86 bits per heavy atom. The minimum Gasteiger partial charge on any atom is -0.470 e. The lowest BCUT2D eigenvalue weighted by atomic mass is 10.0. The van der Waals surface area contributed by atoms with Gasteiger partial charge in [0.1, 0.15) is 17.8 Å². The zero-order valence-corrected chi connectivity index (χ0v) is 20.6. The van der Waals surface area contributed by atoms with Gasteiger partial charge in [0.15, 0.2) is 11.2 Å². The van der Waals surface area contributed by atoms with Gasteiger partial charge in [0.25, 0.3) is 0 Å². The van der Waals surface area contributed by atoms with Crippen molar-refractivity contribution < 1.29 is 4.74 Å². The maximum absolute atomic E-state index is 6.90. The number of benzene rings is 2. The third kappa shape index (κ3) is 4.46. The number of nitrogens with zero attached hydrogens (tertiary/aromatic N) is 5. The fraction of sp³-hybridized carbons (Fsp3) is 0.370. The summed E-state index contributed by atoms with van der Waals surface area (Å²) in [5, 5.41) is 0.659. The molecular weight excluding hydrogens is 460 g/mol. The summed E-state index contributed by atoms with van der Waals surface area (Å²) < 4.78 is 8.35. The molecule has 1 saturated carbocycles. The third-order valence-electron chi connectivity index (χ3n) is 7.08. The molecule has 2 fully saturated rings. The highest BCUT2D eigenvalue weighted by Gasteiger charge is 2.41. The number of ether oxygens (including phenoxy) is 1. The summed E-state index contributed by atoms with van der Waals surface area (Å²) in [5.41, 5.74) is 10.5. The lowest BCUT2D eigenvalue weighted by molar-refractivity contribution is 0.194. The van der Waals surface area contributed by atoms with E-state index >= 15 is 0 Å². The molecule has 2 aliphatic rings. The molecule has 2 aromatic heterocycles. The van der Waals surface area contributed by atoms with Gasteiger partial charge in [0, 0.05) is 30.4 Å². The third-order valence-corrected chi connectivity index (χ3v) is 7.39. The number of hydrogen-bond donors (Lipinski definition) is 1. The molecule has 7 nitrogen and oxygen atoms in total. The predicted octanol–water partition coefficient (Wildman–Crippen LogP) is 5.05. The summed E-state index contributed by atoms with van der Waals surface area (Å²) in [4.78, 5) is 16.4. The van der Waals surface area contributed by atoms with Gasteiger partial charge in [-0.2, -0.15) is 4.98 Å². The molecule has 6 rings (SSSR count). The lowest BCUT2D eigenvalue weighted by Crippen LogP contribution is -2.39. The first-order valence-electron chi connectivity index (χ1n) is 12.2. The summed E-state index contributed by atoms with van der Waals surface area (Å²) in [5.74, 6) is 1.29. The van der Waals surface area contributed by atoms with Crippen LogP contribution in [0.15, 0.2) is 54.9 Å². The number of halogens is 1. The molecule has 4 aromatic rings. The molecule has 180 valence electrons. The van der Waals surface area contributed by atoms with Crippen LogP contribution in [0.25, 0.3) is 22.6 Å². The summed E-state index contributed by atoms with van der Waals surface area (Å²) in [6, 6.07) is 16.8. The largest absolute Gasteiger partial charge is 0.470 e. The molecule has 1 aliphatic carbocycles. The second kappa shape index (κ2) is 8.81. The summed E-state index contributed by atoms with van der Waals surface area (Å²) in [6.45, 7) is 4.60. The zero-order valence-electron chi connectivity index (χ0n) is 19.8. The molecule has 1 aliphatic heterocycles. The molecule has 2 aromatic carbocycles. The van der Waals surface area contributed by atoms with E-state index in [4.69, 9.17) is 27.1 Å². The first kappa shape index (κ1) is 22.3. The van der Waals surface area contributed by atoms with Crippen molar-refractivity contribution in [3.05, 3.63) is 65.4 Å². The molecule has 3 heterocycles. The number of rotatable bonds is 6. The molecule has 0 atom stereocenters. The molecule has 0 spiro atoms. The molecule has 0 unspecified atom stereocenters. The van der Waals surface area contributed by atoms with E-state index in [1.807, 2.05) is 24.3 Å². The van der Waals surface area contributed by atoms with Gasteiger partial charge in [-0.05, 0) is 56.4 Å². The highest BCUT2D eigenvalue weighted by Crippen LogP contribution is 2.41. The topological polar surface area (TPSA) is 82.1 Å². The number of hydrogen-bond acceptors (Lipinski definition) is 6. The Morgan fingerprint density at radius 1 is 1.09 bits per heavy atom. The van der Waals surface area contributed by atoms with Gasteiger partial charge in [-0.1, -0.05) is 41.9 Å². The molecule has 0 radical (unpaired) electrons. The fourth-order valence-corrected chi connectivity index (χ4v) is 4.92. The Hall–Kier alpha value is -3.16. The van der Waals surface area contributed by atoms with Crippen LogP contribution in [0.1, 0.15) is 38.2 Å². The lowest BCUT2D eigenvalue weighted by Gasteiger charge is -2.32. The van der Waals surface area contributed by atoms with Crippen LogP contribution in [-0.2, 0) is 6.54 Å². The van der Waals surface area contributed by atoms with E-state index < -0.39 is 0 Å². The first-order valence-corrected chi connectivity index (χ1v) is 12.6. The van der Waals surface area contributed by atoms with Crippen LogP contribution in [0.2, 0.25) is 5.02 Å². The number of anilines is 1. The van der Waals surface area contributed by atoms with E-state index in [1.165, 1.54) is 0 Å². The van der Waals surface area contributed by atoms with Gasteiger partial charge < -0.3 is 19.9 Å². The smallest absolute Gasteiger partial charge is 0.245 e. The number of imidazole rings is 1. The van der Waals surface area contributed by atoms with Crippen LogP contribution >= 0.6 is 11.6 Å². The molecule has 2 N–H and O–H groups in total. The summed E-state index contributed by atoms with van der Waals surface area (Å²) in [6.07, 6.45) is 5.58. The van der Waals surface area contributed by atoms with Crippen LogP contribution in [0.4, 0.5) is 5.69 Å². The molecule has 1 saturated heterocycles. The average molecular weight is 489 g/mol. The second-order valence-electron chi connectivity index (χ2n) is 9.90. The molecule has 35 heavy (non-hydrogen) atoms. The Balaban J connectivity index is 1.43. The van der Waals surface area contributed by atoms with Crippen LogP contribution in [0, 0.1) is 0 Å². The highest BCUT2D eigenvalue weighted by molar-refractivity contribution is 6.33. The van der Waals surface area contributed by atoms with Crippen molar-refractivity contribution in [2.45, 2.75) is 50.8 Å². The number of nitrogens with two attached hydrogens (primary N) is 1. The van der Waals surface area contributed by atoms with Gasteiger partial charge >= 0.3 is 0 Å². The van der Waals surface area contributed by atoms with Crippen LogP contribution in [0.5, 0.6) is 5.88 Å². The van der Waals surface area contributed by atoms with Crippen molar-refractivity contribution in [1.82, 2.24) is 19.5 Å². The van der Waals surface area contributed by atoms with Crippen LogP contribution in [-0.4, -0.2) is 44.3 Å². The highest BCUT2D eigenvalue weighted by atomic mass is 35.5. The summed E-state index contributed by atoms with van der Waals surface area (Å²) in [7, 11) is 0. The van der Waals surface area contributed by atoms with Crippen molar-refractivity contribution in [1.29, 1.82) is 0 Å². The Kier molecular flexibility index (Phi) is 5.61. The van der Waals surface area contributed by atoms with Crippen molar-refractivity contribution in [2.24, 2.45) is 5.73 Å². The van der Waals surface area contributed by atoms with Crippen molar-refractivity contribution in [2.75, 3.05) is 18.0 Å². The number of fused-ring (bicyclic) bond motifs is 1. The SMILES string of the molecule is CC1(Oc2ncnc3c2nc(-c2ccc(N4CCC(N)CC4)cc2Cl)n3Cc2ccccc2)CC1. The molecule has 0 amide bonds. The van der Waals surface area contributed by atoms with E-state index in [1.54, 1.807) is 6.33 Å². The fourth-order valence-electron chi connectivity index (χ4n) is 4.66. The first-order chi connectivity index (χ1) is 17.0. The van der Waals surface area contributed by atoms with E-state index in [0.29, 0.717) is 23.0 Å². The minimum absolute atomic E-state index is 0.166. The standard InChI is InChI=1S/C27H29ClN6O/c1-27(11-12-27)35-26-23-25(30-17-31-26)34(16-18-5-3-2-4-6-18)24(32-23)21-8-7-20(15-22(21)28)33-13-9-19(29)10-14-33/h2-8,15,17,19H,9-14,16,29H2,1H3. The van der Waals surface area contributed by atoms with Gasteiger partial charge in [-0.25, -0.2) is 9.97 Å². The maximum atomic E-state index is 6.90. The quantitative estimate of drug-likeness (QED) is 0.409. The Morgan fingerprint density at radius 3 is 2.57 bits per heavy atom. The molecule has 8 heteroatoms.